The Kier molecular flexibility index (Phi) is 4.50. The second-order valence-corrected chi connectivity index (χ2v) is 9.74. The third kappa shape index (κ3) is 2.69. The van der Waals surface area contributed by atoms with Gasteiger partial charge in [0.15, 0.2) is 0 Å². The first-order valence-corrected chi connectivity index (χ1v) is 10.5. The standard InChI is InChI=1S/C22H36N2O/c1-15-4-7-19-18-6-5-16-14-17(24-25-13-12-23)8-10-22(16,3)20(18)9-11-21(15,19)2/h16,18-20H,1,4-14,23H2,2-3H3/b24-17+/t16?,18?,19?,20?,21-,22+/m1/s1. The molecule has 4 aliphatic carbocycles. The molecule has 25 heavy (non-hydrogen) atoms. The molecule has 0 amide bonds. The van der Waals surface area contributed by atoms with Crippen molar-refractivity contribution in [1.82, 2.24) is 0 Å². The molecule has 3 heteroatoms. The van der Waals surface area contributed by atoms with Crippen LogP contribution >= 0.6 is 0 Å². The zero-order valence-corrected chi connectivity index (χ0v) is 16.2. The highest BCUT2D eigenvalue weighted by molar-refractivity contribution is 5.85. The molecule has 0 spiro atoms. The summed E-state index contributed by atoms with van der Waals surface area (Å²) < 4.78 is 0. The molecule has 4 aliphatic rings. The lowest BCUT2D eigenvalue weighted by Crippen LogP contribution is -2.52. The summed E-state index contributed by atoms with van der Waals surface area (Å²) in [5.74, 6) is 3.56. The van der Waals surface area contributed by atoms with Gasteiger partial charge in [0.25, 0.3) is 0 Å². The van der Waals surface area contributed by atoms with Crippen molar-refractivity contribution in [3.63, 3.8) is 0 Å². The molecule has 0 bridgehead atoms. The Balaban J connectivity index is 1.51. The fourth-order valence-corrected chi connectivity index (χ4v) is 7.24. The van der Waals surface area contributed by atoms with Gasteiger partial charge in [0.1, 0.15) is 6.61 Å². The van der Waals surface area contributed by atoms with E-state index in [2.05, 4.69) is 25.6 Å². The number of allylic oxidation sites excluding steroid dienone is 1. The van der Waals surface area contributed by atoms with Crippen molar-refractivity contribution in [3.05, 3.63) is 12.2 Å². The second-order valence-electron chi connectivity index (χ2n) is 9.74. The summed E-state index contributed by atoms with van der Waals surface area (Å²) >= 11 is 0. The number of oxime groups is 1. The summed E-state index contributed by atoms with van der Waals surface area (Å²) in [5, 5.41) is 4.40. The summed E-state index contributed by atoms with van der Waals surface area (Å²) in [4.78, 5) is 5.38. The summed E-state index contributed by atoms with van der Waals surface area (Å²) in [7, 11) is 0. The molecule has 0 aromatic rings. The Hall–Kier alpha value is -0.830. The maximum Gasteiger partial charge on any atom is 0.129 e. The van der Waals surface area contributed by atoms with E-state index in [0.29, 0.717) is 24.0 Å². The first-order valence-electron chi connectivity index (χ1n) is 10.5. The predicted octanol–water partition coefficient (Wildman–Crippen LogP) is 4.92. The molecule has 0 aromatic carbocycles. The Labute approximate surface area is 153 Å². The van der Waals surface area contributed by atoms with Crippen LogP contribution in [0.2, 0.25) is 0 Å². The van der Waals surface area contributed by atoms with E-state index >= 15 is 0 Å². The normalized spacial score (nSPS) is 48.0. The lowest BCUT2D eigenvalue weighted by atomic mass is 9.45. The molecule has 3 nitrogen and oxygen atoms in total. The first-order chi connectivity index (χ1) is 12.0. The lowest BCUT2D eigenvalue weighted by Gasteiger charge is -2.60. The van der Waals surface area contributed by atoms with Gasteiger partial charge in [-0.05, 0) is 92.3 Å². The molecule has 0 heterocycles. The molecule has 4 saturated carbocycles. The van der Waals surface area contributed by atoms with E-state index < -0.39 is 0 Å². The Bertz CT molecular complexity index is 570. The molecule has 2 N–H and O–H groups in total. The van der Waals surface area contributed by atoms with E-state index in [-0.39, 0.29) is 0 Å². The minimum atomic E-state index is 0.446. The van der Waals surface area contributed by atoms with Crippen molar-refractivity contribution >= 4 is 5.71 Å². The van der Waals surface area contributed by atoms with E-state index in [4.69, 9.17) is 10.6 Å². The summed E-state index contributed by atoms with van der Waals surface area (Å²) in [6, 6.07) is 0. The van der Waals surface area contributed by atoms with E-state index in [9.17, 15) is 0 Å². The SMILES string of the molecule is C=C1CCC2C3CCC4C/C(=N/OCCN)CC[C@]4(C)C3CC[C@]12C. The minimum absolute atomic E-state index is 0.446. The van der Waals surface area contributed by atoms with Crippen LogP contribution in [0.25, 0.3) is 0 Å². The maximum absolute atomic E-state index is 5.51. The van der Waals surface area contributed by atoms with E-state index in [1.165, 1.54) is 50.7 Å². The van der Waals surface area contributed by atoms with E-state index in [1.54, 1.807) is 5.57 Å². The summed E-state index contributed by atoms with van der Waals surface area (Å²) in [6.07, 6.45) is 11.8. The van der Waals surface area contributed by atoms with Crippen LogP contribution in [-0.2, 0) is 4.84 Å². The molecule has 0 aliphatic heterocycles. The number of hydrogen-bond donors (Lipinski definition) is 1. The minimum Gasteiger partial charge on any atom is -0.395 e. The average Bonchev–Trinajstić information content (AvgIpc) is 2.90. The van der Waals surface area contributed by atoms with Crippen molar-refractivity contribution in [2.24, 2.45) is 45.4 Å². The largest absolute Gasteiger partial charge is 0.395 e. The fourth-order valence-electron chi connectivity index (χ4n) is 7.24. The number of nitrogens with zero attached hydrogens (tertiary/aromatic N) is 1. The number of rotatable bonds is 3. The Morgan fingerprint density at radius 3 is 2.76 bits per heavy atom. The molecule has 140 valence electrons. The molecule has 4 fully saturated rings. The van der Waals surface area contributed by atoms with E-state index in [1.807, 2.05) is 0 Å². The Morgan fingerprint density at radius 2 is 1.96 bits per heavy atom. The van der Waals surface area contributed by atoms with Crippen LogP contribution < -0.4 is 5.73 Å². The zero-order chi connectivity index (χ0) is 17.7. The predicted molar refractivity (Wildman–Crippen MR) is 103 cm³/mol. The smallest absolute Gasteiger partial charge is 0.129 e. The number of nitrogens with two attached hydrogens (primary N) is 1. The molecule has 4 unspecified atom stereocenters. The maximum atomic E-state index is 5.51. The second kappa shape index (κ2) is 6.40. The van der Waals surface area contributed by atoms with Gasteiger partial charge >= 0.3 is 0 Å². The van der Waals surface area contributed by atoms with Crippen LogP contribution in [-0.4, -0.2) is 18.9 Å². The van der Waals surface area contributed by atoms with Gasteiger partial charge < -0.3 is 10.6 Å². The van der Waals surface area contributed by atoms with Crippen LogP contribution in [0.3, 0.4) is 0 Å². The zero-order valence-electron chi connectivity index (χ0n) is 16.2. The summed E-state index contributed by atoms with van der Waals surface area (Å²) in [5.41, 5.74) is 9.30. The van der Waals surface area contributed by atoms with Gasteiger partial charge in [0, 0.05) is 6.54 Å². The molecule has 0 radical (unpaired) electrons. The lowest BCUT2D eigenvalue weighted by molar-refractivity contribution is -0.0859. The molecule has 4 rings (SSSR count). The van der Waals surface area contributed by atoms with Crippen molar-refractivity contribution in [1.29, 1.82) is 0 Å². The highest BCUT2D eigenvalue weighted by Gasteiger charge is 2.58. The van der Waals surface area contributed by atoms with Crippen LogP contribution in [0.15, 0.2) is 17.3 Å². The van der Waals surface area contributed by atoms with Gasteiger partial charge in [-0.1, -0.05) is 31.2 Å². The summed E-state index contributed by atoms with van der Waals surface area (Å²) in [6.45, 7) is 10.7. The molecule has 0 aromatic heterocycles. The average molecular weight is 345 g/mol. The topological polar surface area (TPSA) is 47.6 Å². The van der Waals surface area contributed by atoms with Gasteiger partial charge in [-0.3, -0.25) is 0 Å². The van der Waals surface area contributed by atoms with E-state index in [0.717, 1.165) is 36.5 Å². The molecular weight excluding hydrogens is 308 g/mol. The third-order valence-electron chi connectivity index (χ3n) is 8.86. The van der Waals surface area contributed by atoms with Crippen molar-refractivity contribution in [2.75, 3.05) is 13.2 Å². The fraction of sp³-hybridized carbons (Fsp3) is 0.864. The molecular formula is C22H36N2O. The first kappa shape index (κ1) is 17.6. The van der Waals surface area contributed by atoms with Crippen LogP contribution in [0, 0.1) is 34.5 Å². The number of hydrogen-bond acceptors (Lipinski definition) is 3. The van der Waals surface area contributed by atoms with Gasteiger partial charge in [0.05, 0.1) is 5.71 Å². The van der Waals surface area contributed by atoms with Crippen molar-refractivity contribution in [2.45, 2.75) is 71.6 Å². The number of fused-ring (bicyclic) bond motifs is 5. The van der Waals surface area contributed by atoms with Gasteiger partial charge in [-0.25, -0.2) is 0 Å². The third-order valence-corrected chi connectivity index (χ3v) is 8.86. The molecule has 0 saturated heterocycles. The van der Waals surface area contributed by atoms with Gasteiger partial charge in [-0.2, -0.15) is 0 Å². The highest BCUT2D eigenvalue weighted by Crippen LogP contribution is 2.66. The van der Waals surface area contributed by atoms with Crippen LogP contribution in [0.1, 0.15) is 71.6 Å². The molecule has 6 atom stereocenters. The monoisotopic (exact) mass is 344 g/mol. The highest BCUT2D eigenvalue weighted by atomic mass is 16.6. The van der Waals surface area contributed by atoms with Gasteiger partial charge in [0.2, 0.25) is 0 Å². The van der Waals surface area contributed by atoms with Crippen molar-refractivity contribution < 1.29 is 4.84 Å². The Morgan fingerprint density at radius 1 is 1.12 bits per heavy atom. The van der Waals surface area contributed by atoms with Gasteiger partial charge in [-0.15, -0.1) is 0 Å². The van der Waals surface area contributed by atoms with Crippen molar-refractivity contribution in [3.8, 4) is 0 Å². The van der Waals surface area contributed by atoms with Crippen LogP contribution in [0.5, 0.6) is 0 Å². The quantitative estimate of drug-likeness (QED) is 0.449. The van der Waals surface area contributed by atoms with Crippen LogP contribution in [0.4, 0.5) is 0 Å².